The summed E-state index contributed by atoms with van der Waals surface area (Å²) in [5.41, 5.74) is 0. The van der Waals surface area contributed by atoms with Crippen LogP contribution in [0, 0.1) is 6.42 Å². The summed E-state index contributed by atoms with van der Waals surface area (Å²) in [6, 6.07) is 0. The van der Waals surface area contributed by atoms with Crippen LogP contribution in [0.2, 0.25) is 0 Å². The van der Waals surface area contributed by atoms with Gasteiger partial charge >= 0.3 is 0 Å². The molecule has 0 aliphatic carbocycles. The third kappa shape index (κ3) is 6.22. The molecule has 1 heteroatoms. The van der Waals surface area contributed by atoms with Gasteiger partial charge in [0.15, 0.2) is 0 Å². The normalized spacial score (nSPS) is 10.6. The van der Waals surface area contributed by atoms with Gasteiger partial charge in [0.25, 0.3) is 0 Å². The second-order valence-electron chi connectivity index (χ2n) is 1.23. The molecule has 0 saturated heterocycles. The Morgan fingerprint density at radius 1 is 1.57 bits per heavy atom. The SMILES string of the molecule is CCC=C[CH]CBr. The first-order valence-corrected chi connectivity index (χ1v) is 3.58. The number of rotatable bonds is 3. The number of allylic oxidation sites excluding steroid dienone is 2. The van der Waals surface area contributed by atoms with Crippen LogP contribution >= 0.6 is 15.9 Å². The molecule has 7 heavy (non-hydrogen) atoms. The fraction of sp³-hybridized carbons (Fsp3) is 0.500. The monoisotopic (exact) mass is 161 g/mol. The van der Waals surface area contributed by atoms with Crippen LogP contribution in [-0.2, 0) is 0 Å². The molecule has 0 rings (SSSR count). The average Bonchev–Trinajstić information content (AvgIpc) is 1.69. The Balaban J connectivity index is 2.78. The van der Waals surface area contributed by atoms with Crippen molar-refractivity contribution in [2.24, 2.45) is 0 Å². The van der Waals surface area contributed by atoms with E-state index in [1.54, 1.807) is 0 Å². The number of alkyl halides is 1. The van der Waals surface area contributed by atoms with Crippen molar-refractivity contribution in [1.82, 2.24) is 0 Å². The van der Waals surface area contributed by atoms with Crippen LogP contribution < -0.4 is 0 Å². The quantitative estimate of drug-likeness (QED) is 0.559. The van der Waals surface area contributed by atoms with E-state index in [2.05, 4.69) is 41.4 Å². The zero-order valence-electron chi connectivity index (χ0n) is 4.52. The Morgan fingerprint density at radius 2 is 2.29 bits per heavy atom. The van der Waals surface area contributed by atoms with Crippen molar-refractivity contribution in [3.05, 3.63) is 18.6 Å². The molecule has 0 saturated carbocycles. The van der Waals surface area contributed by atoms with Crippen molar-refractivity contribution in [2.45, 2.75) is 13.3 Å². The second kappa shape index (κ2) is 6.22. The highest BCUT2D eigenvalue weighted by Gasteiger charge is 1.70. The van der Waals surface area contributed by atoms with E-state index in [1.165, 1.54) is 0 Å². The van der Waals surface area contributed by atoms with E-state index in [1.807, 2.05) is 0 Å². The van der Waals surface area contributed by atoms with Crippen LogP contribution in [0.15, 0.2) is 12.2 Å². The van der Waals surface area contributed by atoms with Gasteiger partial charge < -0.3 is 0 Å². The lowest BCUT2D eigenvalue weighted by molar-refractivity contribution is 1.22. The molecule has 41 valence electrons. The fourth-order valence-electron chi connectivity index (χ4n) is 0.284. The van der Waals surface area contributed by atoms with Crippen molar-refractivity contribution >= 4 is 15.9 Å². The summed E-state index contributed by atoms with van der Waals surface area (Å²) >= 11 is 3.27. The maximum Gasteiger partial charge on any atom is 0.0100 e. The molecule has 0 aromatic heterocycles. The topological polar surface area (TPSA) is 0 Å². The summed E-state index contributed by atoms with van der Waals surface area (Å²) in [5.74, 6) is 0. The lowest BCUT2D eigenvalue weighted by Crippen LogP contribution is -1.65. The molecule has 0 unspecified atom stereocenters. The molecule has 0 aliphatic rings. The lowest BCUT2D eigenvalue weighted by atomic mass is 10.4. The van der Waals surface area contributed by atoms with Crippen LogP contribution in [0.25, 0.3) is 0 Å². The Bertz CT molecular complexity index is 48.1. The van der Waals surface area contributed by atoms with E-state index >= 15 is 0 Å². The van der Waals surface area contributed by atoms with Crippen molar-refractivity contribution in [1.29, 1.82) is 0 Å². The van der Waals surface area contributed by atoms with Crippen LogP contribution in [0.4, 0.5) is 0 Å². The minimum Gasteiger partial charge on any atom is -0.0921 e. The van der Waals surface area contributed by atoms with Crippen LogP contribution in [0.3, 0.4) is 0 Å². The van der Waals surface area contributed by atoms with E-state index in [9.17, 15) is 0 Å². The lowest BCUT2D eigenvalue weighted by Gasteiger charge is -1.77. The van der Waals surface area contributed by atoms with E-state index in [0.717, 1.165) is 11.8 Å². The van der Waals surface area contributed by atoms with Crippen molar-refractivity contribution in [3.8, 4) is 0 Å². The smallest absolute Gasteiger partial charge is 0.0100 e. The third-order valence-corrected chi connectivity index (χ3v) is 0.971. The van der Waals surface area contributed by atoms with E-state index in [4.69, 9.17) is 0 Å². The molecule has 1 radical (unpaired) electrons. The highest BCUT2D eigenvalue weighted by Crippen LogP contribution is 1.88. The first-order chi connectivity index (χ1) is 3.41. The van der Waals surface area contributed by atoms with Gasteiger partial charge in [0.2, 0.25) is 0 Å². The number of halogens is 1. The standard InChI is InChI=1S/C6H10Br/c1-2-3-4-5-6-7/h3-5H,2,6H2,1H3. The highest BCUT2D eigenvalue weighted by atomic mass is 79.9. The summed E-state index contributed by atoms with van der Waals surface area (Å²) in [5, 5.41) is 0.962. The molecule has 0 amide bonds. The van der Waals surface area contributed by atoms with Crippen LogP contribution in [0.1, 0.15) is 13.3 Å². The Labute approximate surface area is 53.7 Å². The van der Waals surface area contributed by atoms with Gasteiger partial charge in [-0.25, -0.2) is 0 Å². The average molecular weight is 162 g/mol. The predicted molar refractivity (Wildman–Crippen MR) is 37.5 cm³/mol. The Morgan fingerprint density at radius 3 is 2.71 bits per heavy atom. The van der Waals surface area contributed by atoms with Gasteiger partial charge in [0, 0.05) is 5.33 Å². The molecule has 0 atom stereocenters. The maximum atomic E-state index is 3.27. The fourth-order valence-corrected chi connectivity index (χ4v) is 0.500. The highest BCUT2D eigenvalue weighted by molar-refractivity contribution is 9.09. The second-order valence-corrected chi connectivity index (χ2v) is 1.87. The summed E-state index contributed by atoms with van der Waals surface area (Å²) in [6.45, 7) is 2.12. The van der Waals surface area contributed by atoms with Gasteiger partial charge in [0.1, 0.15) is 0 Å². The van der Waals surface area contributed by atoms with Crippen molar-refractivity contribution < 1.29 is 0 Å². The molecule has 0 aromatic carbocycles. The van der Waals surface area contributed by atoms with Crippen molar-refractivity contribution in [3.63, 3.8) is 0 Å². The minimum atomic E-state index is 0.962. The number of hydrogen-bond acceptors (Lipinski definition) is 0. The molecule has 0 spiro atoms. The third-order valence-electron chi connectivity index (χ3n) is 0.597. The molecule has 0 aliphatic heterocycles. The summed E-state index contributed by atoms with van der Waals surface area (Å²) < 4.78 is 0. The van der Waals surface area contributed by atoms with Gasteiger partial charge in [-0.2, -0.15) is 0 Å². The van der Waals surface area contributed by atoms with E-state index in [-0.39, 0.29) is 0 Å². The Kier molecular flexibility index (Phi) is 6.42. The Hall–Kier alpha value is 0.220. The molecule has 0 heterocycles. The first-order valence-electron chi connectivity index (χ1n) is 2.46. The van der Waals surface area contributed by atoms with Crippen LogP contribution in [-0.4, -0.2) is 5.33 Å². The van der Waals surface area contributed by atoms with Gasteiger partial charge in [0.05, 0.1) is 0 Å². The maximum absolute atomic E-state index is 3.27. The first kappa shape index (κ1) is 7.22. The minimum absolute atomic E-state index is 0.962. The van der Waals surface area contributed by atoms with Crippen molar-refractivity contribution in [2.75, 3.05) is 5.33 Å². The molecule has 0 aromatic rings. The van der Waals surface area contributed by atoms with Crippen LogP contribution in [0.5, 0.6) is 0 Å². The molecule has 0 nitrogen and oxygen atoms in total. The largest absolute Gasteiger partial charge is 0.0921 e. The van der Waals surface area contributed by atoms with E-state index < -0.39 is 0 Å². The molecule has 0 bridgehead atoms. The molecular weight excluding hydrogens is 152 g/mol. The van der Waals surface area contributed by atoms with Gasteiger partial charge in [-0.05, 0) is 12.8 Å². The summed E-state index contributed by atoms with van der Waals surface area (Å²) in [4.78, 5) is 0. The molecule has 0 N–H and O–H groups in total. The van der Waals surface area contributed by atoms with Gasteiger partial charge in [-0.15, -0.1) is 0 Å². The molecule has 0 fully saturated rings. The number of hydrogen-bond donors (Lipinski definition) is 0. The van der Waals surface area contributed by atoms with E-state index in [0.29, 0.717) is 0 Å². The predicted octanol–water partition coefficient (Wildman–Crippen LogP) is 2.55. The summed E-state index contributed by atoms with van der Waals surface area (Å²) in [6.07, 6.45) is 7.39. The zero-order chi connectivity index (χ0) is 5.54. The van der Waals surface area contributed by atoms with Gasteiger partial charge in [-0.1, -0.05) is 35.0 Å². The zero-order valence-corrected chi connectivity index (χ0v) is 6.11. The molecular formula is C6H10Br. The summed E-state index contributed by atoms with van der Waals surface area (Å²) in [7, 11) is 0. The van der Waals surface area contributed by atoms with Gasteiger partial charge in [-0.3, -0.25) is 0 Å².